The van der Waals surface area contributed by atoms with Gasteiger partial charge in [-0.3, -0.25) is 9.59 Å². The molecule has 0 heterocycles. The molecule has 8 nitrogen and oxygen atoms in total. The first-order valence-electron chi connectivity index (χ1n) is 12.0. The number of para-hydroxylation sites is 1. The number of hydrogen-bond acceptors (Lipinski definition) is 6. The van der Waals surface area contributed by atoms with Gasteiger partial charge < -0.3 is 29.9 Å². The minimum Gasteiger partial charge on any atom is -0.482 e. The largest absolute Gasteiger partial charge is 0.482 e. The van der Waals surface area contributed by atoms with Gasteiger partial charge in [0.05, 0.1) is 22.3 Å². The van der Waals surface area contributed by atoms with Crippen LogP contribution in [0, 0.1) is 3.57 Å². The van der Waals surface area contributed by atoms with Crippen molar-refractivity contribution < 1.29 is 29.3 Å². The van der Waals surface area contributed by atoms with E-state index in [1.165, 1.54) is 0 Å². The Hall–Kier alpha value is -1.95. The fourth-order valence-electron chi connectivity index (χ4n) is 3.87. The van der Waals surface area contributed by atoms with Gasteiger partial charge in [0.1, 0.15) is 18.0 Å². The fourth-order valence-corrected chi connectivity index (χ4v) is 4.38. The van der Waals surface area contributed by atoms with Gasteiger partial charge in [-0.15, -0.1) is 6.58 Å². The first-order valence-corrected chi connectivity index (χ1v) is 13.1. The first-order chi connectivity index (χ1) is 16.8. The van der Waals surface area contributed by atoms with Crippen LogP contribution < -0.4 is 10.1 Å². The number of amides is 2. The van der Waals surface area contributed by atoms with Crippen LogP contribution in [0.3, 0.4) is 0 Å². The summed E-state index contributed by atoms with van der Waals surface area (Å²) in [5.74, 6) is 0.108. The molecule has 1 aromatic carbocycles. The van der Waals surface area contributed by atoms with Gasteiger partial charge >= 0.3 is 0 Å². The van der Waals surface area contributed by atoms with Crippen LogP contribution in [0.15, 0.2) is 48.6 Å². The molecule has 194 valence electrons. The molecule has 0 aliphatic heterocycles. The molecule has 0 spiro atoms. The van der Waals surface area contributed by atoms with Gasteiger partial charge in [0.15, 0.2) is 0 Å². The highest BCUT2D eigenvalue weighted by molar-refractivity contribution is 14.1. The number of aliphatic hydroxyl groups excluding tert-OH is 2. The van der Waals surface area contributed by atoms with Crippen LogP contribution in [0.5, 0.6) is 5.75 Å². The number of nitrogens with zero attached hydrogens (tertiary/aromatic N) is 1. The molecule has 0 radical (unpaired) electrons. The maximum Gasteiger partial charge on any atom is 0.247 e. The predicted octanol–water partition coefficient (Wildman–Crippen LogP) is 2.82. The van der Waals surface area contributed by atoms with Gasteiger partial charge in [-0.25, -0.2) is 0 Å². The van der Waals surface area contributed by atoms with Crippen molar-refractivity contribution in [2.24, 2.45) is 0 Å². The normalized spacial score (nSPS) is 19.7. The van der Waals surface area contributed by atoms with Crippen LogP contribution in [0.25, 0.3) is 0 Å². The molecule has 2 amide bonds. The third-order valence-electron chi connectivity index (χ3n) is 5.59. The zero-order chi connectivity index (χ0) is 25.8. The van der Waals surface area contributed by atoms with Crippen molar-refractivity contribution in [3.63, 3.8) is 0 Å². The number of carbonyl (C=O) groups excluding carboxylic acids is 2. The topological polar surface area (TPSA) is 108 Å². The quantitative estimate of drug-likeness (QED) is 0.172. The molecule has 0 saturated heterocycles. The van der Waals surface area contributed by atoms with Crippen LogP contribution in [0.2, 0.25) is 0 Å². The highest BCUT2D eigenvalue weighted by Gasteiger charge is 2.40. The molecular weight excluding hydrogens is 563 g/mol. The molecule has 2 rings (SSSR count). The molecule has 9 heteroatoms. The van der Waals surface area contributed by atoms with Gasteiger partial charge in [0, 0.05) is 38.1 Å². The number of carbonyl (C=O) groups is 2. The molecule has 0 unspecified atom stereocenters. The third-order valence-corrected chi connectivity index (χ3v) is 6.48. The lowest BCUT2D eigenvalue weighted by Gasteiger charge is -2.40. The number of benzene rings is 1. The smallest absolute Gasteiger partial charge is 0.247 e. The third kappa shape index (κ3) is 9.21. The number of nitrogens with one attached hydrogen (secondary N) is 1. The molecule has 35 heavy (non-hydrogen) atoms. The van der Waals surface area contributed by atoms with Crippen LogP contribution in [0.1, 0.15) is 39.5 Å². The lowest BCUT2D eigenvalue weighted by molar-refractivity contribution is -0.138. The van der Waals surface area contributed by atoms with Gasteiger partial charge in [-0.1, -0.05) is 18.2 Å². The second-order valence-corrected chi connectivity index (χ2v) is 9.80. The fraction of sp³-hybridized carbons (Fsp3) is 0.538. The summed E-state index contributed by atoms with van der Waals surface area (Å²) < 4.78 is 12.6. The molecule has 3 atom stereocenters. The summed E-state index contributed by atoms with van der Waals surface area (Å²) in [5, 5.41) is 23.1. The average molecular weight is 600 g/mol. The van der Waals surface area contributed by atoms with E-state index in [1.54, 1.807) is 23.1 Å². The maximum absolute atomic E-state index is 13.2. The van der Waals surface area contributed by atoms with Gasteiger partial charge in [0.25, 0.3) is 0 Å². The molecule has 0 saturated carbocycles. The lowest BCUT2D eigenvalue weighted by Crippen LogP contribution is -2.55. The van der Waals surface area contributed by atoms with Crippen LogP contribution >= 0.6 is 22.6 Å². The summed E-state index contributed by atoms with van der Waals surface area (Å²) in [7, 11) is 0. The van der Waals surface area contributed by atoms with Gasteiger partial charge in [-0.2, -0.15) is 0 Å². The number of aliphatic hydroxyl groups is 2. The second-order valence-electron chi connectivity index (χ2n) is 8.63. The van der Waals surface area contributed by atoms with Crippen molar-refractivity contribution in [1.82, 2.24) is 10.2 Å². The summed E-state index contributed by atoms with van der Waals surface area (Å²) in [5.41, 5.74) is 0.407. The Balaban J connectivity index is 2.33. The highest BCUT2D eigenvalue weighted by atomic mass is 127. The standard InChI is InChI=1S/C26H37IN2O6/c1-4-5-11-24(31)29(13-8-15-34-18(2)3)21-16-19(26(33)28-12-14-30)17-23(25(21)32)35-22-10-7-6-9-20(22)27/h4,6-7,9-10,17-18,21,23,25,30,32H,1,5,8,11-16H2,2-3H3,(H,28,33)/t21-,23+,25+/m1/s1. The molecular formula is C26H37IN2O6. The van der Waals surface area contributed by atoms with Crippen molar-refractivity contribution in [3.05, 3.63) is 52.1 Å². The van der Waals surface area contributed by atoms with E-state index in [1.807, 2.05) is 32.0 Å². The number of halogens is 1. The van der Waals surface area contributed by atoms with Crippen molar-refractivity contribution in [2.45, 2.75) is 63.9 Å². The van der Waals surface area contributed by atoms with E-state index in [0.29, 0.717) is 37.3 Å². The highest BCUT2D eigenvalue weighted by Crippen LogP contribution is 2.30. The minimum atomic E-state index is -1.04. The second kappa shape index (κ2) is 15.2. The lowest BCUT2D eigenvalue weighted by atomic mass is 9.87. The predicted molar refractivity (Wildman–Crippen MR) is 143 cm³/mol. The van der Waals surface area contributed by atoms with E-state index in [2.05, 4.69) is 34.5 Å². The Labute approximate surface area is 221 Å². The molecule has 3 N–H and O–H groups in total. The minimum absolute atomic E-state index is 0.0797. The first kappa shape index (κ1) is 29.3. The zero-order valence-electron chi connectivity index (χ0n) is 20.5. The molecule has 1 aliphatic carbocycles. The van der Waals surface area contributed by atoms with Gasteiger partial charge in [-0.05, 0) is 67.5 Å². The molecule has 0 bridgehead atoms. The summed E-state index contributed by atoms with van der Waals surface area (Å²) in [6.07, 6.45) is 3.06. The van der Waals surface area contributed by atoms with E-state index in [0.717, 1.165) is 3.57 Å². The maximum atomic E-state index is 13.2. The van der Waals surface area contributed by atoms with Crippen molar-refractivity contribution in [3.8, 4) is 5.75 Å². The number of rotatable bonds is 14. The van der Waals surface area contributed by atoms with Gasteiger partial charge in [0.2, 0.25) is 11.8 Å². The SMILES string of the molecule is C=CCCC(=O)N(CCCOC(C)C)[C@@H]1CC(C(=O)NCCO)=C[C@H](Oc2ccccc2I)[C@H]1O. The summed E-state index contributed by atoms with van der Waals surface area (Å²) in [6.45, 7) is 8.39. The number of hydrogen-bond donors (Lipinski definition) is 3. The molecule has 1 aromatic rings. The average Bonchev–Trinajstić information content (AvgIpc) is 2.83. The molecule has 1 aliphatic rings. The van der Waals surface area contributed by atoms with Crippen LogP contribution in [0.4, 0.5) is 0 Å². The molecule has 0 fully saturated rings. The summed E-state index contributed by atoms with van der Waals surface area (Å²) in [4.78, 5) is 27.6. The molecule has 0 aromatic heterocycles. The van der Waals surface area contributed by atoms with Crippen molar-refractivity contribution in [1.29, 1.82) is 0 Å². The van der Waals surface area contributed by atoms with E-state index in [9.17, 15) is 14.7 Å². The Kier molecular flexibility index (Phi) is 12.7. The monoisotopic (exact) mass is 600 g/mol. The van der Waals surface area contributed by atoms with Crippen molar-refractivity contribution >= 4 is 34.4 Å². The zero-order valence-corrected chi connectivity index (χ0v) is 22.6. The summed E-state index contributed by atoms with van der Waals surface area (Å²) in [6, 6.07) is 6.76. The number of ether oxygens (including phenoxy) is 2. The van der Waals surface area contributed by atoms with Crippen molar-refractivity contribution in [2.75, 3.05) is 26.3 Å². The Morgan fingerprint density at radius 1 is 1.34 bits per heavy atom. The number of allylic oxidation sites excluding steroid dienone is 1. The Morgan fingerprint density at radius 3 is 2.74 bits per heavy atom. The van der Waals surface area contributed by atoms with E-state index < -0.39 is 18.2 Å². The van der Waals surface area contributed by atoms with E-state index in [4.69, 9.17) is 14.6 Å². The Bertz CT molecular complexity index is 875. The van der Waals surface area contributed by atoms with Crippen LogP contribution in [-0.4, -0.2) is 77.6 Å². The van der Waals surface area contributed by atoms with E-state index in [-0.39, 0.29) is 43.9 Å². The Morgan fingerprint density at radius 2 is 2.09 bits per heavy atom. The van der Waals surface area contributed by atoms with Crippen LogP contribution in [-0.2, 0) is 14.3 Å². The van der Waals surface area contributed by atoms with E-state index >= 15 is 0 Å². The summed E-state index contributed by atoms with van der Waals surface area (Å²) >= 11 is 2.15.